The second kappa shape index (κ2) is 10.3. The van der Waals surface area contributed by atoms with Gasteiger partial charge in [0, 0.05) is 44.7 Å². The third kappa shape index (κ3) is 4.75. The predicted octanol–water partition coefficient (Wildman–Crippen LogP) is 5.53. The van der Waals surface area contributed by atoms with Crippen LogP contribution in [-0.2, 0) is 14.3 Å². The van der Waals surface area contributed by atoms with Crippen molar-refractivity contribution < 1.29 is 14.3 Å². The van der Waals surface area contributed by atoms with E-state index < -0.39 is 0 Å². The number of ether oxygens (including phenoxy) is 1. The lowest BCUT2D eigenvalue weighted by Gasteiger charge is -2.58. The highest BCUT2D eigenvalue weighted by Crippen LogP contribution is 2.67. The van der Waals surface area contributed by atoms with Crippen LogP contribution in [0.15, 0.2) is 36.0 Å². The Labute approximate surface area is 234 Å². The molecule has 1 aromatic rings. The molecular weight excluding hydrogens is 486 g/mol. The van der Waals surface area contributed by atoms with Gasteiger partial charge in [0.2, 0.25) is 0 Å². The molecule has 0 aromatic carbocycles. The van der Waals surface area contributed by atoms with E-state index in [2.05, 4.69) is 41.6 Å². The molecule has 6 rings (SSSR count). The highest BCUT2D eigenvalue weighted by Gasteiger charge is 2.61. The molecule has 0 spiro atoms. The molecule has 3 saturated carbocycles. The van der Waals surface area contributed by atoms with Gasteiger partial charge < -0.3 is 9.64 Å². The molecule has 0 amide bonds. The number of hydrogen-bond acceptors (Lipinski definition) is 6. The number of pyridine rings is 1. The summed E-state index contributed by atoms with van der Waals surface area (Å²) in [6.07, 6.45) is 12.1. The molecule has 8 atom stereocenters. The van der Waals surface area contributed by atoms with Crippen molar-refractivity contribution in [3.8, 4) is 0 Å². The lowest BCUT2D eigenvalue weighted by molar-refractivity contribution is -0.153. The summed E-state index contributed by atoms with van der Waals surface area (Å²) in [6, 6.07) is 6.01. The van der Waals surface area contributed by atoms with Crippen molar-refractivity contribution in [2.75, 3.05) is 37.6 Å². The van der Waals surface area contributed by atoms with Crippen molar-refractivity contribution in [1.29, 1.82) is 0 Å². The van der Waals surface area contributed by atoms with Gasteiger partial charge in [-0.15, -0.1) is 0 Å². The van der Waals surface area contributed by atoms with E-state index in [0.717, 1.165) is 57.7 Å². The summed E-state index contributed by atoms with van der Waals surface area (Å²) in [5.74, 6) is 4.11. The van der Waals surface area contributed by atoms with Crippen LogP contribution in [0.25, 0.3) is 0 Å². The Balaban J connectivity index is 1.05. The zero-order valence-electron chi connectivity index (χ0n) is 24.4. The molecule has 0 bridgehead atoms. The molecule has 1 aliphatic heterocycles. The molecular formula is C33H47N3O3. The van der Waals surface area contributed by atoms with Crippen LogP contribution >= 0.6 is 0 Å². The first-order valence-corrected chi connectivity index (χ1v) is 15.5. The topological polar surface area (TPSA) is 62.7 Å². The molecule has 0 radical (unpaired) electrons. The van der Waals surface area contributed by atoms with E-state index in [1.54, 1.807) is 0 Å². The van der Waals surface area contributed by atoms with Gasteiger partial charge in [-0.05, 0) is 92.1 Å². The van der Waals surface area contributed by atoms with Crippen molar-refractivity contribution in [2.45, 2.75) is 78.7 Å². The number of aromatic nitrogens is 1. The van der Waals surface area contributed by atoms with E-state index >= 15 is 0 Å². The minimum Gasteiger partial charge on any atom is -0.461 e. The number of rotatable bonds is 5. The molecule has 39 heavy (non-hydrogen) atoms. The Bertz CT molecular complexity index is 1110. The van der Waals surface area contributed by atoms with E-state index in [0.29, 0.717) is 36.0 Å². The molecule has 5 aliphatic rings. The first kappa shape index (κ1) is 27.0. The normalized spacial score (nSPS) is 40.2. The molecule has 1 aromatic heterocycles. The van der Waals surface area contributed by atoms with Crippen molar-refractivity contribution in [3.63, 3.8) is 0 Å². The van der Waals surface area contributed by atoms with Crippen LogP contribution in [0.3, 0.4) is 0 Å². The van der Waals surface area contributed by atoms with E-state index in [9.17, 15) is 9.59 Å². The van der Waals surface area contributed by atoms with E-state index in [4.69, 9.17) is 4.74 Å². The third-order valence-corrected chi connectivity index (χ3v) is 11.8. The SMILES string of the molecule is CC(=O)[C@H]1C(C)C[C@H]2[C@@H]3CC=C4CC(OC(=O)CN5CCN(c6ccccn6)CC5)CC[C@]4(C)[C@H]3CC[C@]12C. The number of anilines is 1. The van der Waals surface area contributed by atoms with Crippen LogP contribution in [0.4, 0.5) is 5.82 Å². The number of Topliss-reactive ketones (excluding diaryl/α,β-unsaturated/α-hetero) is 1. The number of hydrogen-bond donors (Lipinski definition) is 0. The fourth-order valence-electron chi connectivity index (χ4n) is 10.0. The summed E-state index contributed by atoms with van der Waals surface area (Å²) in [6.45, 7) is 12.9. The minimum absolute atomic E-state index is 0.00522. The van der Waals surface area contributed by atoms with Gasteiger partial charge in [-0.3, -0.25) is 14.5 Å². The van der Waals surface area contributed by atoms with Crippen LogP contribution in [0.5, 0.6) is 0 Å². The van der Waals surface area contributed by atoms with E-state index in [-0.39, 0.29) is 28.8 Å². The largest absolute Gasteiger partial charge is 0.461 e. The van der Waals surface area contributed by atoms with Gasteiger partial charge in [-0.1, -0.05) is 38.5 Å². The van der Waals surface area contributed by atoms with Gasteiger partial charge in [-0.2, -0.15) is 0 Å². The number of allylic oxidation sites excluding steroid dienone is 1. The van der Waals surface area contributed by atoms with Crippen LogP contribution in [0, 0.1) is 40.4 Å². The molecule has 2 heterocycles. The number of ketones is 1. The molecule has 4 aliphatic carbocycles. The van der Waals surface area contributed by atoms with Crippen molar-refractivity contribution >= 4 is 17.6 Å². The lowest BCUT2D eigenvalue weighted by Crippen LogP contribution is -2.51. The summed E-state index contributed by atoms with van der Waals surface area (Å²) in [5, 5.41) is 0. The quantitative estimate of drug-likeness (QED) is 0.366. The Hall–Kier alpha value is -2.21. The summed E-state index contributed by atoms with van der Waals surface area (Å²) in [7, 11) is 0. The van der Waals surface area contributed by atoms with Gasteiger partial charge in [0.25, 0.3) is 0 Å². The van der Waals surface area contributed by atoms with Gasteiger partial charge in [-0.25, -0.2) is 4.98 Å². The number of carbonyl (C=O) groups is 2. The summed E-state index contributed by atoms with van der Waals surface area (Å²) in [5.41, 5.74) is 1.92. The molecule has 6 nitrogen and oxygen atoms in total. The molecule has 1 saturated heterocycles. The van der Waals surface area contributed by atoms with Gasteiger partial charge in [0.15, 0.2) is 0 Å². The van der Waals surface area contributed by atoms with E-state index in [1.807, 2.05) is 31.3 Å². The Morgan fingerprint density at radius 2 is 1.87 bits per heavy atom. The molecule has 2 unspecified atom stereocenters. The molecule has 6 heteroatoms. The Morgan fingerprint density at radius 1 is 1.08 bits per heavy atom. The summed E-state index contributed by atoms with van der Waals surface area (Å²) in [4.78, 5) is 34.5. The standard InChI is InChI=1S/C33H47N3O3/c1-22-19-28-26-9-8-24-20-25(10-12-32(24,3)27(26)11-13-33(28,4)31(22)23(2)37)39-30(38)21-35-15-17-36(18-16-35)29-7-5-6-14-34-29/h5-8,14,22,25-28,31H,9-13,15-21H2,1-4H3/t22?,25?,26-,27+,28+,31-,32+,33+/m1/s1. The average molecular weight is 534 g/mol. The van der Waals surface area contributed by atoms with Crippen LogP contribution < -0.4 is 4.90 Å². The highest BCUT2D eigenvalue weighted by molar-refractivity contribution is 5.80. The smallest absolute Gasteiger partial charge is 0.320 e. The predicted molar refractivity (Wildman–Crippen MR) is 153 cm³/mol. The van der Waals surface area contributed by atoms with Gasteiger partial charge in [0.05, 0.1) is 6.54 Å². The number of nitrogens with zero attached hydrogens (tertiary/aromatic N) is 3. The van der Waals surface area contributed by atoms with Crippen molar-refractivity contribution in [2.24, 2.45) is 40.4 Å². The van der Waals surface area contributed by atoms with Crippen LogP contribution in [-0.4, -0.2) is 60.5 Å². The zero-order valence-corrected chi connectivity index (χ0v) is 24.4. The number of carbonyl (C=O) groups excluding carboxylic acids is 2. The Morgan fingerprint density at radius 3 is 2.59 bits per heavy atom. The van der Waals surface area contributed by atoms with Gasteiger partial charge >= 0.3 is 5.97 Å². The fourth-order valence-corrected chi connectivity index (χ4v) is 10.0. The number of esters is 1. The fraction of sp³-hybridized carbons (Fsp3) is 0.727. The van der Waals surface area contributed by atoms with Crippen LogP contribution in [0.2, 0.25) is 0 Å². The maximum Gasteiger partial charge on any atom is 0.320 e. The van der Waals surface area contributed by atoms with Crippen LogP contribution in [0.1, 0.15) is 72.6 Å². The average Bonchev–Trinajstić information content (AvgIpc) is 3.20. The summed E-state index contributed by atoms with van der Waals surface area (Å²) >= 11 is 0. The lowest BCUT2D eigenvalue weighted by atomic mass is 9.47. The van der Waals surface area contributed by atoms with Gasteiger partial charge in [0.1, 0.15) is 17.7 Å². The summed E-state index contributed by atoms with van der Waals surface area (Å²) < 4.78 is 6.09. The monoisotopic (exact) mass is 533 g/mol. The third-order valence-electron chi connectivity index (χ3n) is 11.8. The number of fused-ring (bicyclic) bond motifs is 5. The molecule has 0 N–H and O–H groups in total. The first-order chi connectivity index (χ1) is 18.7. The van der Waals surface area contributed by atoms with Crippen molar-refractivity contribution in [1.82, 2.24) is 9.88 Å². The van der Waals surface area contributed by atoms with E-state index in [1.165, 1.54) is 24.8 Å². The first-order valence-electron chi connectivity index (χ1n) is 15.5. The Kier molecular flexibility index (Phi) is 7.14. The second-order valence-electron chi connectivity index (χ2n) is 13.9. The number of piperazine rings is 1. The highest BCUT2D eigenvalue weighted by atomic mass is 16.5. The second-order valence-corrected chi connectivity index (χ2v) is 13.9. The minimum atomic E-state index is -0.0761. The molecule has 4 fully saturated rings. The maximum absolute atomic E-state index is 12.9. The molecule has 212 valence electrons. The van der Waals surface area contributed by atoms with Crippen molar-refractivity contribution in [3.05, 3.63) is 36.0 Å². The maximum atomic E-state index is 12.9. The zero-order chi connectivity index (χ0) is 27.4.